The van der Waals surface area contributed by atoms with Crippen molar-refractivity contribution in [3.8, 4) is 11.5 Å². The third-order valence-electron chi connectivity index (χ3n) is 3.22. The van der Waals surface area contributed by atoms with Gasteiger partial charge in [0.2, 0.25) is 0 Å². The highest BCUT2D eigenvalue weighted by molar-refractivity contribution is 7.99. The largest absolute Gasteiger partial charge is 0.497 e. The van der Waals surface area contributed by atoms with Crippen molar-refractivity contribution >= 4 is 11.8 Å². The second kappa shape index (κ2) is 7.38. The molecule has 4 heteroatoms. The van der Waals surface area contributed by atoms with E-state index in [9.17, 15) is 0 Å². The maximum Gasteiger partial charge on any atom is 0.132 e. The molecular weight excluding hydrogens is 282 g/mol. The Bertz CT molecular complexity index is 587. The number of hydrogen-bond donors (Lipinski definition) is 1. The van der Waals surface area contributed by atoms with E-state index < -0.39 is 0 Å². The van der Waals surface area contributed by atoms with Crippen LogP contribution in [-0.4, -0.2) is 20.3 Å². The molecule has 0 spiro atoms. The van der Waals surface area contributed by atoms with Crippen molar-refractivity contribution in [3.63, 3.8) is 0 Å². The molecule has 21 heavy (non-hydrogen) atoms. The lowest BCUT2D eigenvalue weighted by atomic mass is 10.1. The van der Waals surface area contributed by atoms with Crippen molar-refractivity contribution in [2.75, 3.05) is 14.2 Å². The Balaban J connectivity index is 2.31. The van der Waals surface area contributed by atoms with Gasteiger partial charge in [0.05, 0.1) is 14.2 Å². The number of thioether (sulfide) groups is 1. The van der Waals surface area contributed by atoms with Crippen LogP contribution in [0.1, 0.15) is 17.7 Å². The fraction of sp³-hybridized carbons (Fsp3) is 0.294. The molecule has 0 heterocycles. The van der Waals surface area contributed by atoms with E-state index in [2.05, 4.69) is 12.1 Å². The zero-order chi connectivity index (χ0) is 15.2. The lowest BCUT2D eigenvalue weighted by Gasteiger charge is -2.22. The molecule has 0 aromatic heterocycles. The molecule has 112 valence electrons. The lowest BCUT2D eigenvalue weighted by Crippen LogP contribution is -2.22. The van der Waals surface area contributed by atoms with E-state index in [1.54, 1.807) is 26.0 Å². The maximum absolute atomic E-state index is 6.20. The highest BCUT2D eigenvalue weighted by Gasteiger charge is 2.20. The molecule has 2 unspecified atom stereocenters. The van der Waals surface area contributed by atoms with Crippen molar-refractivity contribution in [2.24, 2.45) is 5.73 Å². The molecule has 0 amide bonds. The van der Waals surface area contributed by atoms with Crippen molar-refractivity contribution < 1.29 is 9.47 Å². The molecular formula is C17H21NO2S. The van der Waals surface area contributed by atoms with E-state index in [-0.39, 0.29) is 11.3 Å². The average Bonchev–Trinajstić information content (AvgIpc) is 2.52. The third kappa shape index (κ3) is 3.93. The summed E-state index contributed by atoms with van der Waals surface area (Å²) in [5.74, 6) is 1.72. The number of benzene rings is 2. The molecule has 2 rings (SSSR count). The van der Waals surface area contributed by atoms with Crippen molar-refractivity contribution in [3.05, 3.63) is 54.1 Å². The molecule has 2 N–H and O–H groups in total. The molecule has 2 aromatic rings. The molecule has 0 aliphatic rings. The summed E-state index contributed by atoms with van der Waals surface area (Å²) in [5, 5.41) is 0.136. The Hall–Kier alpha value is -1.65. The summed E-state index contributed by atoms with van der Waals surface area (Å²) in [6.45, 7) is 2.02. The first-order valence-corrected chi connectivity index (χ1v) is 7.73. The molecule has 0 aliphatic heterocycles. The van der Waals surface area contributed by atoms with Crippen LogP contribution in [0.5, 0.6) is 11.5 Å². The number of methoxy groups -OCH3 is 2. The van der Waals surface area contributed by atoms with E-state index in [1.807, 2.05) is 43.3 Å². The van der Waals surface area contributed by atoms with Gasteiger partial charge in [-0.05, 0) is 36.8 Å². The summed E-state index contributed by atoms with van der Waals surface area (Å²) in [5.41, 5.74) is 7.35. The predicted molar refractivity (Wildman–Crippen MR) is 88.2 cm³/mol. The number of hydrogen-bond acceptors (Lipinski definition) is 4. The van der Waals surface area contributed by atoms with Crippen LogP contribution in [0, 0.1) is 0 Å². The number of rotatable bonds is 6. The topological polar surface area (TPSA) is 44.5 Å². The van der Waals surface area contributed by atoms with Gasteiger partial charge in [0.25, 0.3) is 0 Å². The monoisotopic (exact) mass is 303 g/mol. The van der Waals surface area contributed by atoms with Crippen LogP contribution in [0.2, 0.25) is 0 Å². The normalized spacial score (nSPS) is 13.5. The molecule has 3 nitrogen and oxygen atoms in total. The van der Waals surface area contributed by atoms with Crippen LogP contribution in [0.25, 0.3) is 0 Å². The minimum Gasteiger partial charge on any atom is -0.497 e. The summed E-state index contributed by atoms with van der Waals surface area (Å²) in [6.07, 6.45) is 0. The van der Waals surface area contributed by atoms with E-state index in [1.165, 1.54) is 0 Å². The predicted octanol–water partition coefficient (Wildman–Crippen LogP) is 3.88. The van der Waals surface area contributed by atoms with Crippen LogP contribution in [-0.2, 0) is 0 Å². The number of para-hydroxylation sites is 1. The van der Waals surface area contributed by atoms with Crippen LogP contribution in [0.4, 0.5) is 0 Å². The fourth-order valence-corrected chi connectivity index (χ4v) is 3.35. The second-order valence-corrected chi connectivity index (χ2v) is 6.01. The average molecular weight is 303 g/mol. The van der Waals surface area contributed by atoms with Gasteiger partial charge in [0, 0.05) is 16.2 Å². The van der Waals surface area contributed by atoms with E-state index in [4.69, 9.17) is 15.2 Å². The van der Waals surface area contributed by atoms with Crippen LogP contribution < -0.4 is 15.2 Å². The highest BCUT2D eigenvalue weighted by Crippen LogP contribution is 2.41. The van der Waals surface area contributed by atoms with Crippen molar-refractivity contribution in [1.82, 2.24) is 0 Å². The molecule has 0 aliphatic carbocycles. The Morgan fingerprint density at radius 2 is 1.76 bits per heavy atom. The summed E-state index contributed by atoms with van der Waals surface area (Å²) in [6, 6.07) is 16.1. The quantitative estimate of drug-likeness (QED) is 0.822. The first-order valence-electron chi connectivity index (χ1n) is 6.85. The lowest BCUT2D eigenvalue weighted by molar-refractivity contribution is 0.404. The molecule has 0 saturated heterocycles. The molecule has 2 atom stereocenters. The molecule has 0 saturated carbocycles. The Kier molecular flexibility index (Phi) is 5.53. The summed E-state index contributed by atoms with van der Waals surface area (Å²) in [7, 11) is 3.36. The van der Waals surface area contributed by atoms with Gasteiger partial charge in [0.1, 0.15) is 11.5 Å². The van der Waals surface area contributed by atoms with Gasteiger partial charge < -0.3 is 15.2 Å². The second-order valence-electron chi connectivity index (χ2n) is 4.83. The third-order valence-corrected chi connectivity index (χ3v) is 4.77. The van der Waals surface area contributed by atoms with Gasteiger partial charge in [0.15, 0.2) is 0 Å². The summed E-state index contributed by atoms with van der Waals surface area (Å²) in [4.78, 5) is 1.09. The SMILES string of the molecule is COc1cccc(C(Sc2ccccc2OC)C(C)N)c1. The summed E-state index contributed by atoms with van der Waals surface area (Å²) < 4.78 is 10.7. The fourth-order valence-electron chi connectivity index (χ4n) is 2.15. The Labute approximate surface area is 130 Å². The maximum atomic E-state index is 6.20. The van der Waals surface area contributed by atoms with Crippen LogP contribution >= 0.6 is 11.8 Å². The Morgan fingerprint density at radius 1 is 1.00 bits per heavy atom. The smallest absolute Gasteiger partial charge is 0.132 e. The minimum atomic E-state index is 0.00650. The van der Waals surface area contributed by atoms with Gasteiger partial charge in [-0.15, -0.1) is 11.8 Å². The van der Waals surface area contributed by atoms with Gasteiger partial charge in [-0.2, -0.15) is 0 Å². The highest BCUT2D eigenvalue weighted by atomic mass is 32.2. The minimum absolute atomic E-state index is 0.00650. The first-order chi connectivity index (χ1) is 10.2. The number of ether oxygens (including phenoxy) is 2. The van der Waals surface area contributed by atoms with Crippen LogP contribution in [0.15, 0.2) is 53.4 Å². The molecule has 0 radical (unpaired) electrons. The van der Waals surface area contributed by atoms with E-state index >= 15 is 0 Å². The van der Waals surface area contributed by atoms with Gasteiger partial charge in [-0.1, -0.05) is 24.3 Å². The Morgan fingerprint density at radius 3 is 2.43 bits per heavy atom. The van der Waals surface area contributed by atoms with Gasteiger partial charge >= 0.3 is 0 Å². The first kappa shape index (κ1) is 15.7. The van der Waals surface area contributed by atoms with Crippen molar-refractivity contribution in [1.29, 1.82) is 0 Å². The van der Waals surface area contributed by atoms with Gasteiger partial charge in [-0.25, -0.2) is 0 Å². The van der Waals surface area contributed by atoms with Crippen molar-refractivity contribution in [2.45, 2.75) is 23.1 Å². The van der Waals surface area contributed by atoms with E-state index in [0.29, 0.717) is 0 Å². The molecule has 0 bridgehead atoms. The number of nitrogens with two attached hydrogens (primary N) is 1. The standard InChI is InChI=1S/C17H21NO2S/c1-12(18)17(13-7-6-8-14(11-13)19-2)21-16-10-5-4-9-15(16)20-3/h4-12,17H,18H2,1-3H3. The zero-order valence-corrected chi connectivity index (χ0v) is 13.4. The van der Waals surface area contributed by atoms with Crippen LogP contribution in [0.3, 0.4) is 0 Å². The molecule has 0 fully saturated rings. The zero-order valence-electron chi connectivity index (χ0n) is 12.6. The summed E-state index contributed by atoms with van der Waals surface area (Å²) >= 11 is 1.71. The van der Waals surface area contributed by atoms with E-state index in [0.717, 1.165) is 22.0 Å². The van der Waals surface area contributed by atoms with Gasteiger partial charge in [-0.3, -0.25) is 0 Å². The molecule has 2 aromatic carbocycles.